The van der Waals surface area contributed by atoms with Gasteiger partial charge in [-0.15, -0.1) is 0 Å². The SMILES string of the molecule is Cc1ccc(CN(C)Cc2cc(=O)[nH]c(N)n2)cc1. The lowest BCUT2D eigenvalue weighted by molar-refractivity contribution is 0.315. The van der Waals surface area contributed by atoms with Crippen molar-refractivity contribution in [1.82, 2.24) is 14.9 Å². The average molecular weight is 258 g/mol. The highest BCUT2D eigenvalue weighted by atomic mass is 16.1. The van der Waals surface area contributed by atoms with Crippen molar-refractivity contribution in [1.29, 1.82) is 0 Å². The van der Waals surface area contributed by atoms with E-state index < -0.39 is 0 Å². The Morgan fingerprint density at radius 2 is 1.95 bits per heavy atom. The molecule has 0 unspecified atom stereocenters. The van der Waals surface area contributed by atoms with E-state index >= 15 is 0 Å². The number of H-pyrrole nitrogens is 1. The van der Waals surface area contributed by atoms with Gasteiger partial charge in [-0.05, 0) is 19.5 Å². The smallest absolute Gasteiger partial charge is 0.252 e. The van der Waals surface area contributed by atoms with Crippen LogP contribution in [0.1, 0.15) is 16.8 Å². The summed E-state index contributed by atoms with van der Waals surface area (Å²) in [5.74, 6) is 0.159. The number of aromatic amines is 1. The lowest BCUT2D eigenvalue weighted by Gasteiger charge is -2.16. The molecule has 19 heavy (non-hydrogen) atoms. The zero-order chi connectivity index (χ0) is 13.8. The van der Waals surface area contributed by atoms with Crippen LogP contribution in [-0.2, 0) is 13.1 Å². The maximum Gasteiger partial charge on any atom is 0.252 e. The second-order valence-corrected chi connectivity index (χ2v) is 4.78. The van der Waals surface area contributed by atoms with Gasteiger partial charge in [0.15, 0.2) is 0 Å². The molecule has 5 heteroatoms. The predicted molar refractivity (Wildman–Crippen MR) is 75.6 cm³/mol. The summed E-state index contributed by atoms with van der Waals surface area (Å²) in [6.45, 7) is 3.45. The highest BCUT2D eigenvalue weighted by molar-refractivity contribution is 5.21. The van der Waals surface area contributed by atoms with Crippen LogP contribution in [0.25, 0.3) is 0 Å². The van der Waals surface area contributed by atoms with Gasteiger partial charge < -0.3 is 5.73 Å². The van der Waals surface area contributed by atoms with Crippen molar-refractivity contribution in [2.24, 2.45) is 0 Å². The lowest BCUT2D eigenvalue weighted by atomic mass is 10.1. The molecule has 0 aliphatic heterocycles. The molecule has 0 bridgehead atoms. The van der Waals surface area contributed by atoms with Gasteiger partial charge in [-0.2, -0.15) is 0 Å². The molecule has 0 fully saturated rings. The van der Waals surface area contributed by atoms with Crippen LogP contribution in [0.2, 0.25) is 0 Å². The van der Waals surface area contributed by atoms with Gasteiger partial charge in [-0.25, -0.2) is 4.98 Å². The van der Waals surface area contributed by atoms with E-state index in [1.807, 2.05) is 7.05 Å². The van der Waals surface area contributed by atoms with E-state index in [0.717, 1.165) is 6.54 Å². The van der Waals surface area contributed by atoms with Gasteiger partial charge in [-0.1, -0.05) is 29.8 Å². The van der Waals surface area contributed by atoms with Gasteiger partial charge in [0.2, 0.25) is 5.95 Å². The molecule has 1 aromatic carbocycles. The molecule has 2 rings (SSSR count). The van der Waals surface area contributed by atoms with Crippen molar-refractivity contribution in [3.63, 3.8) is 0 Å². The minimum atomic E-state index is -0.216. The predicted octanol–water partition coefficient (Wildman–Crippen LogP) is 1.29. The number of aromatic nitrogens is 2. The molecule has 0 aliphatic carbocycles. The Hall–Kier alpha value is -2.14. The maximum absolute atomic E-state index is 11.3. The first-order chi connectivity index (χ1) is 9.02. The van der Waals surface area contributed by atoms with E-state index in [4.69, 9.17) is 5.73 Å². The molecule has 0 saturated heterocycles. The molecule has 1 aromatic heterocycles. The third kappa shape index (κ3) is 3.93. The van der Waals surface area contributed by atoms with Crippen LogP contribution in [0.3, 0.4) is 0 Å². The molecule has 100 valence electrons. The van der Waals surface area contributed by atoms with Crippen LogP contribution < -0.4 is 11.3 Å². The fourth-order valence-corrected chi connectivity index (χ4v) is 1.95. The Labute approximate surface area is 112 Å². The van der Waals surface area contributed by atoms with E-state index in [-0.39, 0.29) is 11.5 Å². The van der Waals surface area contributed by atoms with Crippen molar-refractivity contribution < 1.29 is 0 Å². The molecule has 3 N–H and O–H groups in total. The van der Waals surface area contributed by atoms with Gasteiger partial charge in [0.25, 0.3) is 5.56 Å². The van der Waals surface area contributed by atoms with Crippen molar-refractivity contribution in [3.05, 3.63) is 57.5 Å². The van der Waals surface area contributed by atoms with E-state index in [2.05, 4.69) is 46.1 Å². The largest absolute Gasteiger partial charge is 0.369 e. The zero-order valence-electron chi connectivity index (χ0n) is 11.2. The summed E-state index contributed by atoms with van der Waals surface area (Å²) in [6, 6.07) is 9.86. The zero-order valence-corrected chi connectivity index (χ0v) is 11.2. The number of hydrogen-bond acceptors (Lipinski definition) is 4. The summed E-state index contributed by atoms with van der Waals surface area (Å²) in [5.41, 5.74) is 8.45. The molecule has 2 aromatic rings. The van der Waals surface area contributed by atoms with Gasteiger partial charge in [0, 0.05) is 19.2 Å². The topological polar surface area (TPSA) is 75.0 Å². The molecule has 0 radical (unpaired) electrons. The summed E-state index contributed by atoms with van der Waals surface area (Å²) in [7, 11) is 1.99. The normalized spacial score (nSPS) is 10.9. The average Bonchev–Trinajstić information content (AvgIpc) is 2.30. The minimum Gasteiger partial charge on any atom is -0.369 e. The Kier molecular flexibility index (Phi) is 3.97. The van der Waals surface area contributed by atoms with Gasteiger partial charge >= 0.3 is 0 Å². The van der Waals surface area contributed by atoms with Crippen molar-refractivity contribution >= 4 is 5.95 Å². The first-order valence-corrected chi connectivity index (χ1v) is 6.13. The molecule has 1 heterocycles. The van der Waals surface area contributed by atoms with E-state index in [9.17, 15) is 4.79 Å². The lowest BCUT2D eigenvalue weighted by Crippen LogP contribution is -2.21. The molecule has 5 nitrogen and oxygen atoms in total. The minimum absolute atomic E-state index is 0.159. The van der Waals surface area contributed by atoms with Crippen molar-refractivity contribution in [2.75, 3.05) is 12.8 Å². The van der Waals surface area contributed by atoms with Crippen LogP contribution in [0.5, 0.6) is 0 Å². The molecule has 0 aliphatic rings. The van der Waals surface area contributed by atoms with Crippen LogP contribution in [0, 0.1) is 6.92 Å². The monoisotopic (exact) mass is 258 g/mol. The van der Waals surface area contributed by atoms with Gasteiger partial charge in [0.05, 0.1) is 5.69 Å². The Morgan fingerprint density at radius 3 is 2.58 bits per heavy atom. The molecule has 0 amide bonds. The summed E-state index contributed by atoms with van der Waals surface area (Å²) in [5, 5.41) is 0. The first-order valence-electron chi connectivity index (χ1n) is 6.13. The molecule has 0 saturated carbocycles. The third-order valence-electron chi connectivity index (χ3n) is 2.82. The van der Waals surface area contributed by atoms with Crippen molar-refractivity contribution in [2.45, 2.75) is 20.0 Å². The number of nitrogens with two attached hydrogens (primary N) is 1. The highest BCUT2D eigenvalue weighted by Gasteiger charge is 2.04. The number of anilines is 1. The Balaban J connectivity index is 2.02. The Morgan fingerprint density at radius 1 is 1.26 bits per heavy atom. The van der Waals surface area contributed by atoms with Crippen LogP contribution in [-0.4, -0.2) is 21.9 Å². The fourth-order valence-electron chi connectivity index (χ4n) is 1.95. The molecular weight excluding hydrogens is 240 g/mol. The molecule has 0 spiro atoms. The number of nitrogens with one attached hydrogen (secondary N) is 1. The quantitative estimate of drug-likeness (QED) is 0.866. The number of aryl methyl sites for hydroxylation is 1. The highest BCUT2D eigenvalue weighted by Crippen LogP contribution is 2.07. The Bertz CT molecular complexity index is 604. The fraction of sp³-hybridized carbons (Fsp3) is 0.286. The van der Waals surface area contributed by atoms with Crippen LogP contribution >= 0.6 is 0 Å². The number of hydrogen-bond donors (Lipinski definition) is 2. The first kappa shape index (κ1) is 13.3. The summed E-state index contributed by atoms with van der Waals surface area (Å²) in [6.07, 6.45) is 0. The van der Waals surface area contributed by atoms with Gasteiger partial charge in [0.1, 0.15) is 0 Å². The van der Waals surface area contributed by atoms with Gasteiger partial charge in [-0.3, -0.25) is 14.7 Å². The second kappa shape index (κ2) is 5.67. The third-order valence-corrected chi connectivity index (χ3v) is 2.82. The second-order valence-electron chi connectivity index (χ2n) is 4.78. The van der Waals surface area contributed by atoms with Crippen LogP contribution in [0.4, 0.5) is 5.95 Å². The number of nitrogen functional groups attached to an aromatic ring is 1. The van der Waals surface area contributed by atoms with E-state index in [0.29, 0.717) is 12.2 Å². The van der Waals surface area contributed by atoms with E-state index in [1.54, 1.807) is 0 Å². The maximum atomic E-state index is 11.3. The summed E-state index contributed by atoms with van der Waals surface area (Å²) in [4.78, 5) is 19.9. The molecular formula is C14H18N4O. The summed E-state index contributed by atoms with van der Waals surface area (Å²) >= 11 is 0. The summed E-state index contributed by atoms with van der Waals surface area (Å²) < 4.78 is 0. The van der Waals surface area contributed by atoms with Crippen molar-refractivity contribution in [3.8, 4) is 0 Å². The number of benzene rings is 1. The number of rotatable bonds is 4. The standard InChI is InChI=1S/C14H18N4O/c1-10-3-5-11(6-4-10)8-18(2)9-12-7-13(19)17-14(15)16-12/h3-7H,8-9H2,1-2H3,(H3,15,16,17,19). The van der Waals surface area contributed by atoms with Crippen LogP contribution in [0.15, 0.2) is 35.1 Å². The molecule has 0 atom stereocenters. The number of nitrogens with zero attached hydrogens (tertiary/aromatic N) is 2. The van der Waals surface area contributed by atoms with E-state index in [1.165, 1.54) is 17.2 Å².